The fourth-order valence-corrected chi connectivity index (χ4v) is 9.31. The van der Waals surface area contributed by atoms with E-state index in [9.17, 15) is 29.2 Å². The maximum atomic E-state index is 15.4. The van der Waals surface area contributed by atoms with Crippen LogP contribution in [0.2, 0.25) is 0 Å². The zero-order valence-electron chi connectivity index (χ0n) is 33.5. The zero-order chi connectivity index (χ0) is 42.2. The summed E-state index contributed by atoms with van der Waals surface area (Å²) >= 11 is 0. The monoisotopic (exact) mass is 828 g/mol. The van der Waals surface area contributed by atoms with Crippen LogP contribution in [0.5, 0.6) is 5.75 Å². The summed E-state index contributed by atoms with van der Waals surface area (Å²) in [7, 11) is 0. The summed E-state index contributed by atoms with van der Waals surface area (Å²) in [4.78, 5) is 84.3. The number of anilines is 2. The summed E-state index contributed by atoms with van der Waals surface area (Å²) in [5.41, 5.74) is 1.67. The topological polar surface area (TPSA) is 194 Å². The molecule has 2 aromatic heterocycles. The molecule has 1 atom stereocenters. The molecule has 4 aromatic rings. The standard InChI is InChI=1S/C44H45FN10O6/c45-33-20-31-32(44(60)55(43(31)59)35-8-10-39(56)51-42(35)58)21-36(33)53-18-16-52(17-19-53)25-26-11-14-54(15-12-26)38-24-48-34(23-49-38)41(57)50-28-4-6-29(7-5-28)61-37-9-3-27(22-46)40-30(37)2-1-13-47-40/h1-3,9,13,20-21,23-24,26,28-29,35H,4-8,10-12,14-19,25H2,(H,50,57)(H,51,56,58)/t28-,29-,35?. The number of amides is 5. The van der Waals surface area contributed by atoms with Gasteiger partial charge in [-0.2, -0.15) is 5.26 Å². The van der Waals surface area contributed by atoms with Crippen molar-refractivity contribution in [3.63, 3.8) is 0 Å². The number of piperidine rings is 2. The van der Waals surface area contributed by atoms with Crippen LogP contribution >= 0.6 is 0 Å². The van der Waals surface area contributed by atoms with Crippen molar-refractivity contribution in [2.24, 2.45) is 5.92 Å². The highest BCUT2D eigenvalue weighted by molar-refractivity contribution is 6.23. The summed E-state index contributed by atoms with van der Waals surface area (Å²) in [5.74, 6) is -1.46. The first-order chi connectivity index (χ1) is 29.6. The number of nitrogens with zero attached hydrogens (tertiary/aromatic N) is 8. The van der Waals surface area contributed by atoms with Gasteiger partial charge in [-0.05, 0) is 87.3 Å². The molecule has 16 nitrogen and oxygen atoms in total. The average molecular weight is 829 g/mol. The highest BCUT2D eigenvalue weighted by Gasteiger charge is 2.45. The lowest BCUT2D eigenvalue weighted by Crippen LogP contribution is -2.54. The number of ether oxygens (including phenoxy) is 1. The highest BCUT2D eigenvalue weighted by atomic mass is 19.1. The molecule has 3 saturated heterocycles. The fourth-order valence-electron chi connectivity index (χ4n) is 9.31. The van der Waals surface area contributed by atoms with E-state index in [1.54, 1.807) is 24.7 Å². The molecule has 17 heteroatoms. The fraction of sp³-hybridized carbons (Fsp3) is 0.432. The van der Waals surface area contributed by atoms with E-state index in [-0.39, 0.29) is 53.4 Å². The third-order valence-electron chi connectivity index (χ3n) is 12.7. The van der Waals surface area contributed by atoms with Crippen LogP contribution in [0, 0.1) is 23.1 Å². The number of hydrogen-bond donors (Lipinski definition) is 2. The van der Waals surface area contributed by atoms with Crippen LogP contribution in [-0.4, -0.2) is 118 Å². The molecule has 6 heterocycles. The predicted molar refractivity (Wildman–Crippen MR) is 219 cm³/mol. The van der Waals surface area contributed by atoms with Gasteiger partial charge in [-0.3, -0.25) is 44.1 Å². The molecule has 0 spiro atoms. The van der Waals surface area contributed by atoms with Crippen LogP contribution in [0.1, 0.15) is 88.1 Å². The minimum atomic E-state index is -1.10. The number of imide groups is 2. The van der Waals surface area contributed by atoms with Gasteiger partial charge in [-0.1, -0.05) is 0 Å². The van der Waals surface area contributed by atoms with Crippen LogP contribution in [-0.2, 0) is 9.59 Å². The normalized spacial score (nSPS) is 22.6. The SMILES string of the molecule is N#Cc1ccc(O[C@H]2CC[C@H](NC(=O)c3cnc(N4CCC(CN5CCN(c6cc7c(cc6F)C(=O)N(C6CCC(=O)NC6=O)C7=O)CC5)CC4)cn3)CC2)c2cccnc12. The van der Waals surface area contributed by atoms with Crippen molar-refractivity contribution in [3.05, 3.63) is 83.2 Å². The predicted octanol–water partition coefficient (Wildman–Crippen LogP) is 3.60. The third-order valence-corrected chi connectivity index (χ3v) is 12.7. The number of hydrogen-bond acceptors (Lipinski definition) is 13. The Hall–Kier alpha value is -6.54. The molecular formula is C44H45FN10O6. The number of carbonyl (C=O) groups excluding carboxylic acids is 5. The van der Waals surface area contributed by atoms with Crippen LogP contribution in [0.4, 0.5) is 15.9 Å². The number of pyridine rings is 1. The van der Waals surface area contributed by atoms with Crippen LogP contribution in [0.3, 0.4) is 0 Å². The van der Waals surface area contributed by atoms with E-state index in [2.05, 4.69) is 41.5 Å². The molecule has 1 unspecified atom stereocenters. The van der Waals surface area contributed by atoms with Gasteiger partial charge < -0.3 is 19.9 Å². The minimum Gasteiger partial charge on any atom is -0.490 e. The van der Waals surface area contributed by atoms with E-state index in [1.165, 1.54) is 6.07 Å². The minimum absolute atomic E-state index is 0.00180. The maximum Gasteiger partial charge on any atom is 0.271 e. The van der Waals surface area contributed by atoms with Crippen molar-refractivity contribution in [3.8, 4) is 11.8 Å². The van der Waals surface area contributed by atoms with Crippen molar-refractivity contribution in [1.82, 2.24) is 35.4 Å². The van der Waals surface area contributed by atoms with Gasteiger partial charge in [0.05, 0.1) is 46.4 Å². The third kappa shape index (κ3) is 8.07. The van der Waals surface area contributed by atoms with E-state index in [1.807, 2.05) is 23.1 Å². The number of aromatic nitrogens is 3. The lowest BCUT2D eigenvalue weighted by molar-refractivity contribution is -0.136. The van der Waals surface area contributed by atoms with Gasteiger partial charge in [0.15, 0.2) is 0 Å². The summed E-state index contributed by atoms with van der Waals surface area (Å²) in [6, 6.07) is 10.9. The van der Waals surface area contributed by atoms with E-state index in [4.69, 9.17) is 4.74 Å². The Balaban J connectivity index is 0.709. The Labute approximate surface area is 351 Å². The number of carbonyl (C=O) groups is 5. The van der Waals surface area contributed by atoms with Crippen LogP contribution < -0.4 is 25.2 Å². The van der Waals surface area contributed by atoms with Crippen LogP contribution in [0.25, 0.3) is 10.9 Å². The Kier molecular flexibility index (Phi) is 11.0. The summed E-state index contributed by atoms with van der Waals surface area (Å²) in [6.07, 6.45) is 9.96. The molecule has 0 radical (unpaired) electrons. The summed E-state index contributed by atoms with van der Waals surface area (Å²) in [6.45, 7) is 5.06. The van der Waals surface area contributed by atoms with Crippen molar-refractivity contribution in [2.45, 2.75) is 69.6 Å². The number of fused-ring (bicyclic) bond motifs is 2. The maximum absolute atomic E-state index is 15.4. The van der Waals surface area contributed by atoms with Gasteiger partial charge in [-0.25, -0.2) is 14.4 Å². The molecule has 2 N–H and O–H groups in total. The van der Waals surface area contributed by atoms with Crippen LogP contribution in [0.15, 0.2) is 55.0 Å². The number of benzene rings is 2. The lowest BCUT2D eigenvalue weighted by Gasteiger charge is -2.40. The smallest absolute Gasteiger partial charge is 0.271 e. The van der Waals surface area contributed by atoms with E-state index < -0.39 is 35.5 Å². The lowest BCUT2D eigenvalue weighted by atomic mass is 9.92. The average Bonchev–Trinajstić information content (AvgIpc) is 3.51. The van der Waals surface area contributed by atoms with Gasteiger partial charge in [0.25, 0.3) is 17.7 Å². The number of nitrogens with one attached hydrogen (secondary N) is 2. The number of rotatable bonds is 9. The number of halogens is 1. The van der Waals surface area contributed by atoms with Crippen molar-refractivity contribution >= 4 is 51.9 Å². The van der Waals surface area contributed by atoms with Gasteiger partial charge in [0.2, 0.25) is 11.8 Å². The Morgan fingerprint density at radius 3 is 2.33 bits per heavy atom. The van der Waals surface area contributed by atoms with Gasteiger partial charge in [-0.15, -0.1) is 0 Å². The molecule has 0 bridgehead atoms. The first-order valence-electron chi connectivity index (χ1n) is 21.0. The quantitative estimate of drug-likeness (QED) is 0.233. The molecule has 2 aromatic carbocycles. The van der Waals surface area contributed by atoms with Gasteiger partial charge in [0.1, 0.15) is 35.2 Å². The zero-order valence-corrected chi connectivity index (χ0v) is 33.5. The first-order valence-corrected chi connectivity index (χ1v) is 21.0. The molecule has 1 saturated carbocycles. The van der Waals surface area contributed by atoms with Gasteiger partial charge in [0, 0.05) is 69.9 Å². The van der Waals surface area contributed by atoms with E-state index in [0.29, 0.717) is 48.9 Å². The van der Waals surface area contributed by atoms with Crippen molar-refractivity contribution < 1.29 is 33.1 Å². The van der Waals surface area contributed by atoms with Gasteiger partial charge >= 0.3 is 0 Å². The van der Waals surface area contributed by atoms with E-state index >= 15 is 4.39 Å². The molecule has 4 fully saturated rings. The number of nitriles is 1. The Morgan fingerprint density at radius 1 is 0.869 bits per heavy atom. The molecular weight excluding hydrogens is 784 g/mol. The molecule has 314 valence electrons. The molecule has 1 aliphatic carbocycles. The second-order valence-electron chi connectivity index (χ2n) is 16.5. The number of piperazine rings is 1. The van der Waals surface area contributed by atoms with E-state index in [0.717, 1.165) is 80.3 Å². The highest BCUT2D eigenvalue weighted by Crippen LogP contribution is 2.34. The second-order valence-corrected chi connectivity index (χ2v) is 16.5. The molecule has 4 aliphatic heterocycles. The van der Waals surface area contributed by atoms with Crippen molar-refractivity contribution in [2.75, 3.05) is 55.6 Å². The molecule has 5 aliphatic rings. The molecule has 5 amide bonds. The molecule has 9 rings (SSSR count). The van der Waals surface area contributed by atoms with Crippen molar-refractivity contribution in [1.29, 1.82) is 5.26 Å². The first kappa shape index (κ1) is 39.9. The molecule has 61 heavy (non-hydrogen) atoms. The largest absolute Gasteiger partial charge is 0.490 e. The summed E-state index contributed by atoms with van der Waals surface area (Å²) < 4.78 is 21.8. The Morgan fingerprint density at radius 2 is 1.62 bits per heavy atom. The Bertz CT molecular complexity index is 2440. The second kappa shape index (κ2) is 16.8. The summed E-state index contributed by atoms with van der Waals surface area (Å²) in [5, 5.41) is 15.6.